The van der Waals surface area contributed by atoms with E-state index in [1.54, 1.807) is 0 Å². The van der Waals surface area contributed by atoms with E-state index in [4.69, 9.17) is 10.9 Å². The van der Waals surface area contributed by atoms with Crippen molar-refractivity contribution in [2.75, 3.05) is 6.54 Å². The smallest absolute Gasteiger partial charge is 0.148 e. The lowest BCUT2D eigenvalue weighted by Gasteiger charge is -2.14. The van der Waals surface area contributed by atoms with Gasteiger partial charge in [0.05, 0.1) is 12.1 Å². The van der Waals surface area contributed by atoms with E-state index < -0.39 is 6.10 Å². The number of nitrogens with zero attached hydrogens (tertiary/aromatic N) is 1. The molecule has 0 spiro atoms. The van der Waals surface area contributed by atoms with Crippen LogP contribution in [0.25, 0.3) is 0 Å². The minimum Gasteiger partial charge on any atom is -0.392 e. The molecule has 0 aliphatic carbocycles. The number of aliphatic hydroxyl groups excluding tert-OH is 1. The summed E-state index contributed by atoms with van der Waals surface area (Å²) in [4.78, 5) is 10.8. The Morgan fingerprint density at radius 3 is 2.25 bits per heavy atom. The molecule has 4 nitrogen and oxygen atoms in total. The molecule has 1 fully saturated rings. The predicted molar refractivity (Wildman–Crippen MR) is 47.3 cm³/mol. The third kappa shape index (κ3) is 2.89. The fourth-order valence-corrected chi connectivity index (χ4v) is 1.24. The highest BCUT2D eigenvalue weighted by molar-refractivity contribution is 5.81. The van der Waals surface area contributed by atoms with E-state index in [0.29, 0.717) is 13.0 Å². The standard InChI is InChI=1S/C6H12N2O2.C2H6/c1-4(9)6-2-5(10)3-8(6)7;1-2/h5-6,10H,2-3,7H2,1H3;1-2H3. The van der Waals surface area contributed by atoms with E-state index in [9.17, 15) is 4.79 Å². The van der Waals surface area contributed by atoms with Gasteiger partial charge in [0.2, 0.25) is 0 Å². The summed E-state index contributed by atoms with van der Waals surface area (Å²) in [5.74, 6) is 5.45. The van der Waals surface area contributed by atoms with Crippen LogP contribution in [0.1, 0.15) is 27.2 Å². The van der Waals surface area contributed by atoms with Gasteiger partial charge in [0.25, 0.3) is 0 Å². The first-order valence-electron chi connectivity index (χ1n) is 4.31. The molecule has 1 rings (SSSR count). The molecule has 1 saturated heterocycles. The quantitative estimate of drug-likeness (QED) is 0.545. The first-order chi connectivity index (χ1) is 5.61. The molecular weight excluding hydrogens is 156 g/mol. The van der Waals surface area contributed by atoms with Gasteiger partial charge in [-0.3, -0.25) is 10.6 Å². The minimum atomic E-state index is -0.432. The molecule has 4 heteroatoms. The van der Waals surface area contributed by atoms with Gasteiger partial charge in [-0.05, 0) is 13.3 Å². The zero-order valence-electron chi connectivity index (χ0n) is 7.95. The lowest BCUT2D eigenvalue weighted by Crippen LogP contribution is -2.40. The van der Waals surface area contributed by atoms with E-state index in [1.165, 1.54) is 11.9 Å². The third-order valence-corrected chi connectivity index (χ3v) is 1.79. The van der Waals surface area contributed by atoms with Gasteiger partial charge in [0, 0.05) is 6.54 Å². The Labute approximate surface area is 73.3 Å². The summed E-state index contributed by atoms with van der Waals surface area (Å²) in [5, 5.41) is 10.4. The van der Waals surface area contributed by atoms with Crippen molar-refractivity contribution in [2.45, 2.75) is 39.3 Å². The zero-order valence-corrected chi connectivity index (χ0v) is 7.95. The van der Waals surface area contributed by atoms with Crippen molar-refractivity contribution in [3.8, 4) is 0 Å². The Morgan fingerprint density at radius 1 is 1.58 bits per heavy atom. The number of carbonyl (C=O) groups excluding carboxylic acids is 1. The third-order valence-electron chi connectivity index (χ3n) is 1.79. The molecule has 72 valence electrons. The second kappa shape index (κ2) is 5.24. The molecule has 0 amide bonds. The largest absolute Gasteiger partial charge is 0.392 e. The topological polar surface area (TPSA) is 66.6 Å². The van der Waals surface area contributed by atoms with Crippen molar-refractivity contribution < 1.29 is 9.90 Å². The molecule has 0 aromatic rings. The molecule has 0 aromatic heterocycles. The second-order valence-electron chi connectivity index (χ2n) is 2.71. The Morgan fingerprint density at radius 2 is 2.08 bits per heavy atom. The van der Waals surface area contributed by atoms with Gasteiger partial charge in [0.1, 0.15) is 5.78 Å². The molecule has 2 atom stereocenters. The number of ketones is 1. The summed E-state index contributed by atoms with van der Waals surface area (Å²) in [6, 6.07) is -0.269. The number of carbonyl (C=O) groups is 1. The number of hydrazine groups is 1. The van der Waals surface area contributed by atoms with Crippen molar-refractivity contribution in [2.24, 2.45) is 5.84 Å². The van der Waals surface area contributed by atoms with Crippen LogP contribution in [0.3, 0.4) is 0 Å². The molecule has 2 unspecified atom stereocenters. The van der Waals surface area contributed by atoms with E-state index in [-0.39, 0.29) is 11.8 Å². The van der Waals surface area contributed by atoms with Crippen LogP contribution in [0.4, 0.5) is 0 Å². The summed E-state index contributed by atoms with van der Waals surface area (Å²) < 4.78 is 0. The van der Waals surface area contributed by atoms with Crippen LogP contribution in [0, 0.1) is 0 Å². The van der Waals surface area contributed by atoms with Gasteiger partial charge in [-0.15, -0.1) is 0 Å². The molecule has 0 radical (unpaired) electrons. The summed E-state index contributed by atoms with van der Waals surface area (Å²) in [6.07, 6.45) is 0.0464. The van der Waals surface area contributed by atoms with Crippen LogP contribution in [0.2, 0.25) is 0 Å². The summed E-state index contributed by atoms with van der Waals surface area (Å²) in [5.41, 5.74) is 0. The molecule has 0 bridgehead atoms. The molecule has 12 heavy (non-hydrogen) atoms. The van der Waals surface area contributed by atoms with E-state index >= 15 is 0 Å². The van der Waals surface area contributed by atoms with Crippen LogP contribution in [-0.4, -0.2) is 34.6 Å². The Bertz CT molecular complexity index is 150. The van der Waals surface area contributed by atoms with Crippen LogP contribution in [-0.2, 0) is 4.79 Å². The number of hydrogen-bond donors (Lipinski definition) is 2. The number of aliphatic hydroxyl groups is 1. The highest BCUT2D eigenvalue weighted by Crippen LogP contribution is 2.13. The van der Waals surface area contributed by atoms with Gasteiger partial charge in [0.15, 0.2) is 0 Å². The first-order valence-corrected chi connectivity index (χ1v) is 4.31. The number of β-amino-alcohol motifs (C(OH)–C–C–N with tert-alkyl or cyclic N) is 1. The molecule has 1 aliphatic heterocycles. The number of rotatable bonds is 1. The number of Topliss-reactive ketones (excluding diaryl/α,β-unsaturated/α-hetero) is 1. The van der Waals surface area contributed by atoms with Gasteiger partial charge >= 0.3 is 0 Å². The first kappa shape index (κ1) is 11.6. The van der Waals surface area contributed by atoms with Gasteiger partial charge < -0.3 is 5.11 Å². The van der Waals surface area contributed by atoms with Crippen molar-refractivity contribution in [1.29, 1.82) is 0 Å². The Kier molecular flexibility index (Phi) is 5.04. The second-order valence-corrected chi connectivity index (χ2v) is 2.71. The number of hydrogen-bond acceptors (Lipinski definition) is 4. The molecule has 1 heterocycles. The van der Waals surface area contributed by atoms with Crippen LogP contribution < -0.4 is 5.84 Å². The Hall–Kier alpha value is -0.450. The summed E-state index contributed by atoms with van der Waals surface area (Å²) >= 11 is 0. The van der Waals surface area contributed by atoms with Crippen molar-refractivity contribution in [1.82, 2.24) is 5.01 Å². The number of nitrogens with two attached hydrogens (primary N) is 1. The van der Waals surface area contributed by atoms with E-state index in [0.717, 1.165) is 0 Å². The monoisotopic (exact) mass is 174 g/mol. The lowest BCUT2D eigenvalue weighted by molar-refractivity contribution is -0.121. The van der Waals surface area contributed by atoms with Crippen molar-refractivity contribution in [3.63, 3.8) is 0 Å². The van der Waals surface area contributed by atoms with Crippen LogP contribution in [0.5, 0.6) is 0 Å². The highest BCUT2D eigenvalue weighted by Gasteiger charge is 2.31. The van der Waals surface area contributed by atoms with Gasteiger partial charge in [-0.1, -0.05) is 13.8 Å². The maximum Gasteiger partial charge on any atom is 0.148 e. The maximum absolute atomic E-state index is 10.8. The molecule has 0 aromatic carbocycles. The summed E-state index contributed by atoms with van der Waals surface area (Å²) in [6.45, 7) is 5.90. The highest BCUT2D eigenvalue weighted by atomic mass is 16.3. The fraction of sp³-hybridized carbons (Fsp3) is 0.875. The lowest BCUT2D eigenvalue weighted by atomic mass is 10.1. The molecule has 1 aliphatic rings. The average molecular weight is 174 g/mol. The maximum atomic E-state index is 10.8. The van der Waals surface area contributed by atoms with Crippen LogP contribution >= 0.6 is 0 Å². The van der Waals surface area contributed by atoms with Crippen molar-refractivity contribution in [3.05, 3.63) is 0 Å². The normalized spacial score (nSPS) is 29.4. The molecule has 3 N–H and O–H groups in total. The van der Waals surface area contributed by atoms with Crippen molar-refractivity contribution >= 4 is 5.78 Å². The average Bonchev–Trinajstić information content (AvgIpc) is 2.34. The summed E-state index contributed by atoms with van der Waals surface area (Å²) in [7, 11) is 0. The minimum absolute atomic E-state index is 0.0269. The van der Waals surface area contributed by atoms with Crippen LogP contribution in [0.15, 0.2) is 0 Å². The molecule has 0 saturated carbocycles. The fourth-order valence-electron chi connectivity index (χ4n) is 1.24. The predicted octanol–water partition coefficient (Wildman–Crippen LogP) is -0.0895. The molecular formula is C8H18N2O2. The van der Waals surface area contributed by atoms with E-state index in [2.05, 4.69) is 0 Å². The van der Waals surface area contributed by atoms with E-state index in [1.807, 2.05) is 13.8 Å². The SMILES string of the molecule is CC.CC(=O)C1CC(O)CN1N. The van der Waals surface area contributed by atoms with Gasteiger partial charge in [-0.25, -0.2) is 5.01 Å². The zero-order chi connectivity index (χ0) is 9.72. The van der Waals surface area contributed by atoms with Gasteiger partial charge in [-0.2, -0.15) is 0 Å². The Balaban J connectivity index is 0.000000561.